The van der Waals surface area contributed by atoms with Crippen molar-refractivity contribution in [3.63, 3.8) is 0 Å². The molecule has 1 atom stereocenters. The smallest absolute Gasteiger partial charge is 0.304 e. The van der Waals surface area contributed by atoms with Crippen LogP contribution in [0.3, 0.4) is 0 Å². The van der Waals surface area contributed by atoms with E-state index in [0.717, 1.165) is 35.7 Å². The number of aliphatic hydroxyl groups is 1. The quantitative estimate of drug-likeness (QED) is 0.520. The lowest BCUT2D eigenvalue weighted by molar-refractivity contribution is 0.0974. The van der Waals surface area contributed by atoms with Gasteiger partial charge >= 0.3 is 10.2 Å². The number of aliphatic hydroxyl groups excluding tert-OH is 1. The number of β-amino-alcohol motifs (C(OH)–C–C–N with tert-alkyl or cyclic N) is 1. The molecular weight excluding hydrogens is 435 g/mol. The lowest BCUT2D eigenvalue weighted by Gasteiger charge is -2.30. The Kier molecular flexibility index (Phi) is 8.27. The largest absolute Gasteiger partial charge is 0.491 e. The Morgan fingerprint density at radius 3 is 2.67 bits per heavy atom. The van der Waals surface area contributed by atoms with E-state index >= 15 is 0 Å². The zero-order chi connectivity index (χ0) is 22.5. The van der Waals surface area contributed by atoms with E-state index in [9.17, 15) is 22.7 Å². The van der Waals surface area contributed by atoms with Crippen LogP contribution in [0.25, 0.3) is 0 Å². The SMILES string of the molecule is C=CCC(CC)(CC)COc1cc(F)c(C(=O)NS(=O)(=O)N2CC[C@H](O)C2)cc1Cl. The molecule has 1 fully saturated rings. The number of rotatable bonds is 10. The summed E-state index contributed by atoms with van der Waals surface area (Å²) in [4.78, 5) is 12.3. The van der Waals surface area contributed by atoms with Crippen molar-refractivity contribution >= 4 is 27.7 Å². The third-order valence-electron chi connectivity index (χ3n) is 5.57. The summed E-state index contributed by atoms with van der Waals surface area (Å²) in [7, 11) is -4.20. The number of benzene rings is 1. The van der Waals surface area contributed by atoms with Gasteiger partial charge in [-0.1, -0.05) is 31.5 Å². The number of hydrogen-bond donors (Lipinski definition) is 2. The zero-order valence-corrected chi connectivity index (χ0v) is 18.7. The molecule has 1 amide bonds. The molecule has 0 unspecified atom stereocenters. The molecule has 0 aromatic heterocycles. The summed E-state index contributed by atoms with van der Waals surface area (Å²) in [6, 6.07) is 2.02. The first-order valence-electron chi connectivity index (χ1n) is 9.80. The van der Waals surface area contributed by atoms with Crippen molar-refractivity contribution in [2.24, 2.45) is 5.41 Å². The number of halogens is 2. The Morgan fingerprint density at radius 1 is 1.47 bits per heavy atom. The molecule has 30 heavy (non-hydrogen) atoms. The van der Waals surface area contributed by atoms with Crippen LogP contribution >= 0.6 is 11.6 Å². The topological polar surface area (TPSA) is 95.9 Å². The minimum Gasteiger partial charge on any atom is -0.491 e. The van der Waals surface area contributed by atoms with Gasteiger partial charge in [0.1, 0.15) is 11.6 Å². The first kappa shape index (κ1) is 24.6. The van der Waals surface area contributed by atoms with Crippen LogP contribution in [0.1, 0.15) is 49.9 Å². The average Bonchev–Trinajstić information content (AvgIpc) is 3.14. The highest BCUT2D eigenvalue weighted by molar-refractivity contribution is 7.87. The van der Waals surface area contributed by atoms with Crippen LogP contribution in [-0.2, 0) is 10.2 Å². The number of nitrogens with zero attached hydrogens (tertiary/aromatic N) is 1. The Labute approximate surface area is 182 Å². The van der Waals surface area contributed by atoms with Crippen molar-refractivity contribution in [2.45, 2.75) is 45.6 Å². The second-order valence-corrected chi connectivity index (χ2v) is 9.57. The molecular formula is C20H28ClFN2O5S. The summed E-state index contributed by atoms with van der Waals surface area (Å²) in [5, 5.41) is 9.48. The first-order chi connectivity index (χ1) is 14.1. The van der Waals surface area contributed by atoms with Crippen molar-refractivity contribution in [1.82, 2.24) is 9.03 Å². The summed E-state index contributed by atoms with van der Waals surface area (Å²) < 4.78 is 47.6. The summed E-state index contributed by atoms with van der Waals surface area (Å²) in [6.07, 6.45) is 3.68. The molecule has 7 nitrogen and oxygen atoms in total. The molecule has 0 spiro atoms. The fraction of sp³-hybridized carbons (Fsp3) is 0.550. The third kappa shape index (κ3) is 5.72. The van der Waals surface area contributed by atoms with Crippen LogP contribution in [-0.4, -0.2) is 49.5 Å². The number of amides is 1. The molecule has 2 N–H and O–H groups in total. The van der Waals surface area contributed by atoms with E-state index < -0.39 is 33.6 Å². The van der Waals surface area contributed by atoms with Gasteiger partial charge in [0.25, 0.3) is 5.91 Å². The van der Waals surface area contributed by atoms with Gasteiger partial charge in [0.2, 0.25) is 0 Å². The molecule has 0 bridgehead atoms. The molecule has 168 valence electrons. The maximum absolute atomic E-state index is 14.6. The van der Waals surface area contributed by atoms with Crippen LogP contribution in [0, 0.1) is 11.2 Å². The predicted octanol–water partition coefficient (Wildman–Crippen LogP) is 3.28. The third-order valence-corrected chi connectivity index (χ3v) is 7.32. The van der Waals surface area contributed by atoms with Gasteiger partial charge in [0, 0.05) is 24.6 Å². The van der Waals surface area contributed by atoms with Gasteiger partial charge in [-0.05, 0) is 31.7 Å². The van der Waals surface area contributed by atoms with E-state index in [0.29, 0.717) is 6.61 Å². The molecule has 2 rings (SSSR count). The fourth-order valence-corrected chi connectivity index (χ4v) is 4.72. The average molecular weight is 463 g/mol. The highest BCUT2D eigenvalue weighted by Crippen LogP contribution is 2.34. The molecule has 0 aliphatic carbocycles. The number of allylic oxidation sites excluding steroid dienone is 1. The molecule has 1 heterocycles. The monoisotopic (exact) mass is 462 g/mol. The van der Waals surface area contributed by atoms with E-state index in [4.69, 9.17) is 16.3 Å². The van der Waals surface area contributed by atoms with Gasteiger partial charge in [-0.2, -0.15) is 12.7 Å². The van der Waals surface area contributed by atoms with E-state index in [1.165, 1.54) is 0 Å². The molecule has 1 aliphatic rings. The Morgan fingerprint density at radius 2 is 2.13 bits per heavy atom. The standard InChI is InChI=1S/C20H28ClFN2O5S/c1-4-8-20(5-2,6-3)13-29-18-11-17(22)15(10-16(18)21)19(26)23-30(27,28)24-9-7-14(25)12-24/h4,10-11,14,25H,1,5-9,12-13H2,2-3H3,(H,23,26)/t14-/m0/s1. The second-order valence-electron chi connectivity index (χ2n) is 7.49. The molecule has 0 radical (unpaired) electrons. The number of carbonyl (C=O) groups excluding carboxylic acids is 1. The van der Waals surface area contributed by atoms with Gasteiger partial charge in [0.15, 0.2) is 0 Å². The lowest BCUT2D eigenvalue weighted by atomic mass is 9.80. The number of ether oxygens (including phenoxy) is 1. The van der Waals surface area contributed by atoms with Crippen LogP contribution in [0.5, 0.6) is 5.75 Å². The maximum Gasteiger partial charge on any atom is 0.304 e. The number of hydrogen-bond acceptors (Lipinski definition) is 5. The van der Waals surface area contributed by atoms with E-state index in [1.807, 2.05) is 24.6 Å². The van der Waals surface area contributed by atoms with Gasteiger partial charge in [-0.15, -0.1) is 6.58 Å². The van der Waals surface area contributed by atoms with Crippen LogP contribution in [0.2, 0.25) is 5.02 Å². The van der Waals surface area contributed by atoms with Crippen molar-refractivity contribution in [3.05, 3.63) is 41.2 Å². The first-order valence-corrected chi connectivity index (χ1v) is 11.6. The zero-order valence-electron chi connectivity index (χ0n) is 17.2. The van der Waals surface area contributed by atoms with Gasteiger partial charge in [-0.3, -0.25) is 4.79 Å². The van der Waals surface area contributed by atoms with Crippen molar-refractivity contribution < 1.29 is 27.4 Å². The van der Waals surface area contributed by atoms with Gasteiger partial charge in [-0.25, -0.2) is 9.11 Å². The predicted molar refractivity (Wildman–Crippen MR) is 113 cm³/mol. The highest BCUT2D eigenvalue weighted by Gasteiger charge is 2.32. The Bertz CT molecular complexity index is 889. The molecule has 1 aromatic carbocycles. The molecule has 1 saturated heterocycles. The van der Waals surface area contributed by atoms with Gasteiger partial charge < -0.3 is 9.84 Å². The molecule has 1 aromatic rings. The normalized spacial score (nSPS) is 17.7. The van der Waals surface area contributed by atoms with Crippen LogP contribution in [0.15, 0.2) is 24.8 Å². The van der Waals surface area contributed by atoms with Crippen molar-refractivity contribution in [2.75, 3.05) is 19.7 Å². The maximum atomic E-state index is 14.6. The van der Waals surface area contributed by atoms with E-state index in [1.54, 1.807) is 0 Å². The highest BCUT2D eigenvalue weighted by atomic mass is 35.5. The number of nitrogens with one attached hydrogen (secondary N) is 1. The van der Waals surface area contributed by atoms with Crippen molar-refractivity contribution in [1.29, 1.82) is 0 Å². The lowest BCUT2D eigenvalue weighted by Crippen LogP contribution is -2.43. The summed E-state index contributed by atoms with van der Waals surface area (Å²) in [5.74, 6) is -2.03. The van der Waals surface area contributed by atoms with E-state index in [2.05, 4.69) is 6.58 Å². The summed E-state index contributed by atoms with van der Waals surface area (Å²) in [5.41, 5.74) is -0.676. The molecule has 0 saturated carbocycles. The molecule has 10 heteroatoms. The van der Waals surface area contributed by atoms with Crippen LogP contribution < -0.4 is 9.46 Å². The van der Waals surface area contributed by atoms with Gasteiger partial charge in [0.05, 0.1) is 23.3 Å². The summed E-state index contributed by atoms with van der Waals surface area (Å²) >= 11 is 6.17. The fourth-order valence-electron chi connectivity index (χ4n) is 3.32. The molecule has 1 aliphatic heterocycles. The second kappa shape index (κ2) is 10.1. The Balaban J connectivity index is 2.15. The van der Waals surface area contributed by atoms with Crippen molar-refractivity contribution in [3.8, 4) is 5.75 Å². The van der Waals surface area contributed by atoms with E-state index in [-0.39, 0.29) is 35.7 Å². The Hall–Kier alpha value is -1.68. The minimum absolute atomic E-state index is 0.00440. The minimum atomic E-state index is -4.20. The summed E-state index contributed by atoms with van der Waals surface area (Å²) in [6.45, 7) is 8.08. The van der Waals surface area contributed by atoms with Crippen LogP contribution in [0.4, 0.5) is 4.39 Å². The number of carbonyl (C=O) groups is 1.